The SMILES string of the molecule is C=CNc1ccc(C)cc1.C=N.CC. The third-order valence-electron chi connectivity index (χ3n) is 1.32. The summed E-state index contributed by atoms with van der Waals surface area (Å²) in [4.78, 5) is 0. The van der Waals surface area contributed by atoms with Crippen molar-refractivity contribution in [3.8, 4) is 0 Å². The van der Waals surface area contributed by atoms with Crippen molar-refractivity contribution in [2.75, 3.05) is 5.32 Å². The van der Waals surface area contributed by atoms with E-state index in [2.05, 4.69) is 37.7 Å². The van der Waals surface area contributed by atoms with Crippen LogP contribution in [0.3, 0.4) is 0 Å². The van der Waals surface area contributed by atoms with E-state index >= 15 is 0 Å². The molecule has 0 fully saturated rings. The van der Waals surface area contributed by atoms with Gasteiger partial charge in [0, 0.05) is 5.69 Å². The molecule has 0 saturated heterocycles. The fourth-order valence-corrected chi connectivity index (χ4v) is 0.768. The van der Waals surface area contributed by atoms with E-state index in [1.165, 1.54) is 5.56 Å². The van der Waals surface area contributed by atoms with E-state index in [1.54, 1.807) is 6.20 Å². The summed E-state index contributed by atoms with van der Waals surface area (Å²) in [5.41, 5.74) is 2.36. The second-order valence-corrected chi connectivity index (χ2v) is 2.21. The summed E-state index contributed by atoms with van der Waals surface area (Å²) < 4.78 is 0. The molecule has 0 bridgehead atoms. The number of hydrogen-bond acceptors (Lipinski definition) is 2. The molecule has 0 amide bonds. The zero-order valence-corrected chi connectivity index (χ0v) is 9.30. The minimum atomic E-state index is 1.08. The highest BCUT2D eigenvalue weighted by atomic mass is 14.8. The highest BCUT2D eigenvalue weighted by Crippen LogP contribution is 2.07. The van der Waals surface area contributed by atoms with Crippen LogP contribution in [0.2, 0.25) is 0 Å². The van der Waals surface area contributed by atoms with Crippen LogP contribution in [0, 0.1) is 12.3 Å². The van der Waals surface area contributed by atoms with E-state index in [-0.39, 0.29) is 0 Å². The van der Waals surface area contributed by atoms with Crippen molar-refractivity contribution in [3.05, 3.63) is 42.6 Å². The summed E-state index contributed by atoms with van der Waals surface area (Å²) in [6.45, 7) is 12.1. The molecule has 0 radical (unpaired) electrons. The van der Waals surface area contributed by atoms with Crippen LogP contribution in [-0.2, 0) is 0 Å². The molecular weight excluding hydrogens is 172 g/mol. The minimum absolute atomic E-state index is 1.08. The first-order chi connectivity index (χ1) is 6.83. The smallest absolute Gasteiger partial charge is 0.0379 e. The summed E-state index contributed by atoms with van der Waals surface area (Å²) in [6.07, 6.45) is 1.67. The summed E-state index contributed by atoms with van der Waals surface area (Å²) >= 11 is 0. The van der Waals surface area contributed by atoms with Gasteiger partial charge in [-0.1, -0.05) is 38.1 Å². The molecule has 0 atom stereocenters. The van der Waals surface area contributed by atoms with Crippen molar-refractivity contribution in [1.29, 1.82) is 5.41 Å². The predicted octanol–water partition coefficient (Wildman–Crippen LogP) is 3.84. The first kappa shape index (κ1) is 14.9. The van der Waals surface area contributed by atoms with Crippen LogP contribution in [0.1, 0.15) is 19.4 Å². The van der Waals surface area contributed by atoms with Gasteiger partial charge in [-0.3, -0.25) is 0 Å². The molecule has 0 saturated carbocycles. The Labute approximate surface area is 87.2 Å². The second-order valence-electron chi connectivity index (χ2n) is 2.21. The summed E-state index contributed by atoms with van der Waals surface area (Å²) in [6, 6.07) is 8.17. The standard InChI is InChI=1S/C9H11N.C2H6.CH3N/c1-3-10-9-6-4-8(2)5-7-9;2*1-2/h3-7,10H,1H2,2H3;1-2H3;2H,1H2. The molecule has 0 aromatic heterocycles. The summed E-state index contributed by atoms with van der Waals surface area (Å²) in [7, 11) is 0. The maximum atomic E-state index is 5.50. The zero-order chi connectivity index (χ0) is 11.4. The summed E-state index contributed by atoms with van der Waals surface area (Å²) in [5, 5.41) is 8.50. The van der Waals surface area contributed by atoms with Crippen LogP contribution in [0.15, 0.2) is 37.0 Å². The van der Waals surface area contributed by atoms with Gasteiger partial charge >= 0.3 is 0 Å². The van der Waals surface area contributed by atoms with Gasteiger partial charge in [-0.05, 0) is 32.0 Å². The van der Waals surface area contributed by atoms with E-state index in [4.69, 9.17) is 5.41 Å². The maximum Gasteiger partial charge on any atom is 0.0379 e. The third kappa shape index (κ3) is 7.10. The number of benzene rings is 1. The molecule has 78 valence electrons. The molecule has 0 aliphatic rings. The van der Waals surface area contributed by atoms with E-state index < -0.39 is 0 Å². The number of aryl methyl sites for hydroxylation is 1. The van der Waals surface area contributed by atoms with Gasteiger partial charge in [-0.15, -0.1) is 0 Å². The molecule has 0 unspecified atom stereocenters. The number of anilines is 1. The Morgan fingerprint density at radius 2 is 1.57 bits per heavy atom. The highest BCUT2D eigenvalue weighted by molar-refractivity contribution is 5.46. The Kier molecular flexibility index (Phi) is 12.2. The van der Waals surface area contributed by atoms with Crippen molar-refractivity contribution in [1.82, 2.24) is 0 Å². The maximum absolute atomic E-state index is 5.50. The molecule has 0 aliphatic heterocycles. The lowest BCUT2D eigenvalue weighted by atomic mass is 10.2. The lowest BCUT2D eigenvalue weighted by molar-refractivity contribution is 1.46. The molecule has 1 rings (SSSR count). The van der Waals surface area contributed by atoms with E-state index in [0.717, 1.165) is 5.69 Å². The molecule has 14 heavy (non-hydrogen) atoms. The number of hydrogen-bond donors (Lipinski definition) is 2. The van der Waals surface area contributed by atoms with E-state index in [9.17, 15) is 0 Å². The normalized spacial score (nSPS) is 7.07. The Hall–Kier alpha value is -1.57. The van der Waals surface area contributed by atoms with Gasteiger partial charge in [-0.2, -0.15) is 0 Å². The van der Waals surface area contributed by atoms with Gasteiger partial charge in [0.25, 0.3) is 0 Å². The van der Waals surface area contributed by atoms with Crippen molar-refractivity contribution in [3.63, 3.8) is 0 Å². The lowest BCUT2D eigenvalue weighted by Crippen LogP contribution is -1.84. The van der Waals surface area contributed by atoms with Crippen molar-refractivity contribution >= 4 is 12.4 Å². The van der Waals surface area contributed by atoms with Gasteiger partial charge < -0.3 is 10.7 Å². The molecule has 2 N–H and O–H groups in total. The summed E-state index contributed by atoms with van der Waals surface area (Å²) in [5.74, 6) is 0. The van der Waals surface area contributed by atoms with Gasteiger partial charge in [0.2, 0.25) is 0 Å². The molecule has 1 aromatic rings. The number of nitrogens with one attached hydrogen (secondary N) is 2. The fourth-order valence-electron chi connectivity index (χ4n) is 0.768. The largest absolute Gasteiger partial charge is 0.362 e. The average Bonchev–Trinajstić information content (AvgIpc) is 2.28. The minimum Gasteiger partial charge on any atom is -0.362 e. The van der Waals surface area contributed by atoms with E-state index in [0.29, 0.717) is 0 Å². The van der Waals surface area contributed by atoms with Crippen LogP contribution in [0.5, 0.6) is 0 Å². The van der Waals surface area contributed by atoms with E-state index in [1.807, 2.05) is 26.0 Å². The van der Waals surface area contributed by atoms with Crippen LogP contribution in [0.4, 0.5) is 5.69 Å². The number of rotatable bonds is 2. The van der Waals surface area contributed by atoms with Crippen LogP contribution in [-0.4, -0.2) is 6.72 Å². The first-order valence-corrected chi connectivity index (χ1v) is 4.62. The molecule has 0 aliphatic carbocycles. The average molecular weight is 192 g/mol. The van der Waals surface area contributed by atoms with Crippen LogP contribution in [0.25, 0.3) is 0 Å². The van der Waals surface area contributed by atoms with Crippen molar-refractivity contribution in [2.24, 2.45) is 0 Å². The molecule has 2 heteroatoms. The Morgan fingerprint density at radius 3 is 1.93 bits per heavy atom. The second kappa shape index (κ2) is 11.4. The van der Waals surface area contributed by atoms with Crippen molar-refractivity contribution < 1.29 is 0 Å². The predicted molar refractivity (Wildman–Crippen MR) is 66.2 cm³/mol. The van der Waals surface area contributed by atoms with Crippen molar-refractivity contribution in [2.45, 2.75) is 20.8 Å². The van der Waals surface area contributed by atoms with Crippen LogP contribution < -0.4 is 5.32 Å². The molecule has 2 nitrogen and oxygen atoms in total. The molecular formula is C12H20N2. The zero-order valence-electron chi connectivity index (χ0n) is 9.30. The lowest BCUT2D eigenvalue weighted by Gasteiger charge is -1.98. The van der Waals surface area contributed by atoms with Gasteiger partial charge in [0.15, 0.2) is 0 Å². The van der Waals surface area contributed by atoms with Crippen LogP contribution >= 0.6 is 0 Å². The van der Waals surface area contributed by atoms with Gasteiger partial charge in [0.05, 0.1) is 0 Å². The Balaban J connectivity index is 0. The topological polar surface area (TPSA) is 35.9 Å². The molecule has 0 spiro atoms. The fraction of sp³-hybridized carbons (Fsp3) is 0.250. The monoisotopic (exact) mass is 192 g/mol. The van der Waals surface area contributed by atoms with Gasteiger partial charge in [-0.25, -0.2) is 0 Å². The Bertz CT molecular complexity index is 227. The highest BCUT2D eigenvalue weighted by Gasteiger charge is 1.84. The quantitative estimate of drug-likeness (QED) is 0.686. The first-order valence-electron chi connectivity index (χ1n) is 4.62. The van der Waals surface area contributed by atoms with Gasteiger partial charge in [0.1, 0.15) is 0 Å². The third-order valence-corrected chi connectivity index (χ3v) is 1.32. The molecule has 1 aromatic carbocycles. The Morgan fingerprint density at radius 1 is 1.14 bits per heavy atom. The molecule has 0 heterocycles.